The van der Waals surface area contributed by atoms with Gasteiger partial charge in [-0.1, -0.05) is 18.2 Å². The summed E-state index contributed by atoms with van der Waals surface area (Å²) in [6.07, 6.45) is 2.62. The Balaban J connectivity index is 1.59. The minimum atomic E-state index is -4.46. The van der Waals surface area contributed by atoms with Gasteiger partial charge in [0, 0.05) is 42.1 Å². The molecule has 13 heteroatoms. The van der Waals surface area contributed by atoms with Crippen molar-refractivity contribution in [3.05, 3.63) is 84.6 Å². The van der Waals surface area contributed by atoms with Gasteiger partial charge in [-0.2, -0.15) is 5.10 Å². The normalized spacial score (nSPS) is 12.0. The molecule has 0 saturated carbocycles. The third kappa shape index (κ3) is 5.12. The summed E-state index contributed by atoms with van der Waals surface area (Å²) >= 11 is 0. The number of nitrogens with zero attached hydrogens (tertiary/aromatic N) is 3. The van der Waals surface area contributed by atoms with Gasteiger partial charge >= 0.3 is 0 Å². The molecule has 0 bridgehead atoms. The van der Waals surface area contributed by atoms with Gasteiger partial charge in [0.25, 0.3) is 10.0 Å². The average Bonchev–Trinajstić information content (AvgIpc) is 3.22. The number of rotatable bonds is 7. The first-order valence-electron chi connectivity index (χ1n) is 11.7. The zero-order chi connectivity index (χ0) is 28.8. The molecule has 5 aromatic rings. The maximum atomic E-state index is 14.2. The molecule has 9 nitrogen and oxygen atoms in total. The van der Waals surface area contributed by atoms with Crippen LogP contribution in [0.1, 0.15) is 0 Å². The molecule has 2 aromatic heterocycles. The van der Waals surface area contributed by atoms with Crippen molar-refractivity contribution in [2.24, 2.45) is 7.05 Å². The molecule has 3 aromatic carbocycles. The number of pyridine rings is 1. The molecule has 0 amide bonds. The Bertz CT molecular complexity index is 2010. The van der Waals surface area contributed by atoms with Gasteiger partial charge < -0.3 is 4.74 Å². The number of hydrogen-bond acceptors (Lipinski definition) is 7. The lowest BCUT2D eigenvalue weighted by atomic mass is 10.0. The van der Waals surface area contributed by atoms with E-state index >= 15 is 0 Å². The van der Waals surface area contributed by atoms with Crippen molar-refractivity contribution in [2.45, 2.75) is 9.79 Å². The van der Waals surface area contributed by atoms with Gasteiger partial charge in [0.15, 0.2) is 9.84 Å². The number of sulfone groups is 1. The van der Waals surface area contributed by atoms with E-state index in [0.717, 1.165) is 23.8 Å². The highest BCUT2D eigenvalue weighted by Crippen LogP contribution is 2.35. The first kappa shape index (κ1) is 27.2. The first-order valence-corrected chi connectivity index (χ1v) is 15.0. The number of benzene rings is 3. The van der Waals surface area contributed by atoms with Crippen LogP contribution >= 0.6 is 0 Å². The van der Waals surface area contributed by atoms with Crippen LogP contribution in [-0.2, 0) is 26.9 Å². The predicted molar refractivity (Wildman–Crippen MR) is 146 cm³/mol. The number of aryl methyl sites for hydroxylation is 1. The van der Waals surface area contributed by atoms with Crippen LogP contribution in [-0.4, -0.2) is 45.0 Å². The maximum absolute atomic E-state index is 14.2. The van der Waals surface area contributed by atoms with E-state index in [1.165, 1.54) is 25.4 Å². The minimum Gasteiger partial charge on any atom is -0.480 e. The highest BCUT2D eigenvalue weighted by molar-refractivity contribution is 7.92. The van der Waals surface area contributed by atoms with Gasteiger partial charge in [0.05, 0.1) is 23.2 Å². The van der Waals surface area contributed by atoms with Crippen LogP contribution in [0, 0.1) is 11.6 Å². The first-order chi connectivity index (χ1) is 18.9. The number of nitrogens with one attached hydrogen (secondary N) is 1. The van der Waals surface area contributed by atoms with Crippen molar-refractivity contribution in [2.75, 3.05) is 18.1 Å². The van der Waals surface area contributed by atoms with E-state index < -0.39 is 36.4 Å². The van der Waals surface area contributed by atoms with Crippen LogP contribution in [0.5, 0.6) is 5.88 Å². The number of hydrogen-bond donors (Lipinski definition) is 1. The standard InChI is InChI=1S/C27H22F2N4O5S2/c1-33-26(17-5-4-6-20(11-17)39(3,34)35)21-12-16(7-9-23(21)31-33)18-13-24(27(38-2)30-15-18)32-40(36,37)25-10-8-19(28)14-22(25)29/h4-15,32H,1-3H3. The Morgan fingerprint density at radius 1 is 0.900 bits per heavy atom. The zero-order valence-electron chi connectivity index (χ0n) is 21.4. The van der Waals surface area contributed by atoms with Crippen molar-refractivity contribution >= 4 is 36.5 Å². The summed E-state index contributed by atoms with van der Waals surface area (Å²) in [6, 6.07) is 15.5. The SMILES string of the molecule is COc1ncc(-c2ccc3nn(C)c(-c4cccc(S(C)(=O)=O)c4)c3c2)cc1NS(=O)(=O)c1ccc(F)cc1F. The van der Waals surface area contributed by atoms with Crippen molar-refractivity contribution in [3.8, 4) is 28.3 Å². The van der Waals surface area contributed by atoms with E-state index in [4.69, 9.17) is 4.74 Å². The smallest absolute Gasteiger partial charge is 0.264 e. The molecule has 206 valence electrons. The Kier molecular flexibility index (Phi) is 6.80. The molecule has 0 spiro atoms. The monoisotopic (exact) mass is 584 g/mol. The number of aromatic nitrogens is 3. The van der Waals surface area contributed by atoms with Gasteiger partial charge in [-0.15, -0.1) is 0 Å². The lowest BCUT2D eigenvalue weighted by Crippen LogP contribution is -2.15. The molecule has 0 fully saturated rings. The largest absolute Gasteiger partial charge is 0.480 e. The fourth-order valence-corrected chi connectivity index (χ4v) is 6.11. The fraction of sp³-hybridized carbons (Fsp3) is 0.111. The zero-order valence-corrected chi connectivity index (χ0v) is 23.0. The second kappa shape index (κ2) is 9.99. The number of fused-ring (bicyclic) bond motifs is 1. The summed E-state index contributed by atoms with van der Waals surface area (Å²) in [5.74, 6) is -2.22. The lowest BCUT2D eigenvalue weighted by Gasteiger charge is -2.13. The number of anilines is 1. The summed E-state index contributed by atoms with van der Waals surface area (Å²) in [4.78, 5) is 3.64. The van der Waals surface area contributed by atoms with Crippen LogP contribution < -0.4 is 9.46 Å². The summed E-state index contributed by atoms with van der Waals surface area (Å²) < 4.78 is 86.8. The van der Waals surface area contributed by atoms with Crippen molar-refractivity contribution in [3.63, 3.8) is 0 Å². The molecule has 0 radical (unpaired) electrons. The maximum Gasteiger partial charge on any atom is 0.264 e. The lowest BCUT2D eigenvalue weighted by molar-refractivity contribution is 0.400. The summed E-state index contributed by atoms with van der Waals surface area (Å²) in [6.45, 7) is 0. The second-order valence-electron chi connectivity index (χ2n) is 8.97. The van der Waals surface area contributed by atoms with Crippen LogP contribution in [0.15, 0.2) is 82.7 Å². The van der Waals surface area contributed by atoms with E-state index in [0.29, 0.717) is 34.0 Å². The van der Waals surface area contributed by atoms with Gasteiger partial charge in [-0.3, -0.25) is 9.40 Å². The highest BCUT2D eigenvalue weighted by Gasteiger charge is 2.23. The van der Waals surface area contributed by atoms with Crippen molar-refractivity contribution in [1.29, 1.82) is 0 Å². The highest BCUT2D eigenvalue weighted by atomic mass is 32.2. The van der Waals surface area contributed by atoms with Crippen LogP contribution in [0.3, 0.4) is 0 Å². The van der Waals surface area contributed by atoms with Crippen molar-refractivity contribution < 1.29 is 30.4 Å². The predicted octanol–water partition coefficient (Wildman–Crippen LogP) is 4.79. The average molecular weight is 585 g/mol. The number of methoxy groups -OCH3 is 1. The number of halogens is 2. The molecule has 40 heavy (non-hydrogen) atoms. The third-order valence-corrected chi connectivity index (χ3v) is 8.68. The molecule has 0 unspecified atom stereocenters. The summed E-state index contributed by atoms with van der Waals surface area (Å²) in [5, 5.41) is 5.25. The molecular weight excluding hydrogens is 562 g/mol. The molecule has 0 aliphatic rings. The van der Waals surface area contributed by atoms with Crippen LogP contribution in [0.2, 0.25) is 0 Å². The van der Waals surface area contributed by atoms with Gasteiger partial charge in [-0.25, -0.2) is 30.6 Å². The molecule has 0 atom stereocenters. The van der Waals surface area contributed by atoms with E-state index in [-0.39, 0.29) is 16.5 Å². The topological polar surface area (TPSA) is 120 Å². The summed E-state index contributed by atoms with van der Waals surface area (Å²) in [7, 11) is -4.84. The molecule has 1 N–H and O–H groups in total. The van der Waals surface area contributed by atoms with Gasteiger partial charge in [-0.05, 0) is 48.0 Å². The van der Waals surface area contributed by atoms with E-state index in [2.05, 4.69) is 14.8 Å². The molecule has 5 rings (SSSR count). The number of ether oxygens (including phenoxy) is 1. The molecule has 0 saturated heterocycles. The summed E-state index contributed by atoms with van der Waals surface area (Å²) in [5.41, 5.74) is 3.06. The van der Waals surface area contributed by atoms with Gasteiger partial charge in [0.1, 0.15) is 22.2 Å². The second-order valence-corrected chi connectivity index (χ2v) is 12.6. The fourth-order valence-electron chi connectivity index (χ4n) is 4.33. The Hall–Kier alpha value is -4.36. The Labute approximate surface area is 229 Å². The van der Waals surface area contributed by atoms with Crippen LogP contribution in [0.25, 0.3) is 33.3 Å². The van der Waals surface area contributed by atoms with E-state index in [1.54, 1.807) is 42.1 Å². The molecule has 0 aliphatic carbocycles. The quantitative estimate of drug-likeness (QED) is 0.292. The Morgan fingerprint density at radius 2 is 1.68 bits per heavy atom. The third-order valence-electron chi connectivity index (χ3n) is 6.17. The van der Waals surface area contributed by atoms with Gasteiger partial charge in [0.2, 0.25) is 5.88 Å². The Morgan fingerprint density at radius 3 is 2.38 bits per heavy atom. The number of sulfonamides is 1. The van der Waals surface area contributed by atoms with Crippen LogP contribution in [0.4, 0.5) is 14.5 Å². The van der Waals surface area contributed by atoms with E-state index in [1.807, 2.05) is 6.07 Å². The molecule has 2 heterocycles. The molecular formula is C27H22F2N4O5S2. The van der Waals surface area contributed by atoms with Crippen molar-refractivity contribution in [1.82, 2.24) is 14.8 Å². The minimum absolute atomic E-state index is 0.0592. The van der Waals surface area contributed by atoms with E-state index in [9.17, 15) is 25.6 Å². The molecule has 0 aliphatic heterocycles.